The minimum Gasteiger partial charge on any atom is -0.481 e. The van der Waals surface area contributed by atoms with Gasteiger partial charge in [-0.1, -0.05) is 0 Å². The maximum Gasteiger partial charge on any atom is 0.303 e. The van der Waals surface area contributed by atoms with Gasteiger partial charge in [0.2, 0.25) is 5.91 Å². The van der Waals surface area contributed by atoms with Crippen LogP contribution in [0.1, 0.15) is 26.7 Å². The number of nitrogens with two attached hydrogens (primary N) is 1. The van der Waals surface area contributed by atoms with Crippen molar-refractivity contribution < 1.29 is 14.7 Å². The van der Waals surface area contributed by atoms with Gasteiger partial charge in [0, 0.05) is 18.5 Å². The van der Waals surface area contributed by atoms with E-state index < -0.39 is 11.5 Å². The average Bonchev–Trinajstić information content (AvgIpc) is 2.00. The Morgan fingerprint density at radius 3 is 2.21 bits per heavy atom. The zero-order valence-corrected chi connectivity index (χ0v) is 9.19. The fourth-order valence-corrected chi connectivity index (χ4v) is 0.711. The van der Waals surface area contributed by atoms with E-state index >= 15 is 0 Å². The summed E-state index contributed by atoms with van der Waals surface area (Å²) in [7, 11) is 0. The molecule has 14 heavy (non-hydrogen) atoms. The third-order valence-electron chi connectivity index (χ3n) is 1.55. The van der Waals surface area contributed by atoms with E-state index in [2.05, 4.69) is 5.32 Å². The van der Waals surface area contributed by atoms with Crippen LogP contribution in [-0.4, -0.2) is 29.1 Å². The van der Waals surface area contributed by atoms with Gasteiger partial charge >= 0.3 is 5.97 Å². The third-order valence-corrected chi connectivity index (χ3v) is 1.55. The first kappa shape index (κ1) is 15.7. The highest BCUT2D eigenvalue weighted by atomic mass is 35.5. The Morgan fingerprint density at radius 2 is 1.86 bits per heavy atom. The zero-order valence-electron chi connectivity index (χ0n) is 8.37. The fourth-order valence-electron chi connectivity index (χ4n) is 0.711. The molecule has 0 aliphatic rings. The van der Waals surface area contributed by atoms with Gasteiger partial charge in [-0.05, 0) is 13.8 Å². The van der Waals surface area contributed by atoms with E-state index in [9.17, 15) is 9.59 Å². The van der Waals surface area contributed by atoms with Crippen molar-refractivity contribution in [2.45, 2.75) is 32.2 Å². The Hall–Kier alpha value is -0.810. The number of rotatable bonds is 5. The minimum absolute atomic E-state index is 0. The zero-order chi connectivity index (χ0) is 10.5. The predicted molar refractivity (Wildman–Crippen MR) is 55.4 cm³/mol. The highest BCUT2D eigenvalue weighted by molar-refractivity contribution is 5.85. The van der Waals surface area contributed by atoms with Gasteiger partial charge in [-0.25, -0.2) is 0 Å². The Labute approximate surface area is 89.5 Å². The number of hydrogen-bond donors (Lipinski definition) is 3. The second-order valence-corrected chi connectivity index (χ2v) is 3.53. The maximum atomic E-state index is 11.1. The molecule has 0 saturated carbocycles. The van der Waals surface area contributed by atoms with Gasteiger partial charge in [-0.15, -0.1) is 12.4 Å². The quantitative estimate of drug-likeness (QED) is 0.619. The van der Waals surface area contributed by atoms with Crippen molar-refractivity contribution in [2.24, 2.45) is 5.73 Å². The summed E-state index contributed by atoms with van der Waals surface area (Å²) in [6, 6.07) is 0. The van der Waals surface area contributed by atoms with Crippen LogP contribution in [0.4, 0.5) is 0 Å². The lowest BCUT2D eigenvalue weighted by molar-refractivity contribution is -0.139. The highest BCUT2D eigenvalue weighted by Crippen LogP contribution is 2.00. The molecule has 4 N–H and O–H groups in total. The minimum atomic E-state index is -0.972. The van der Waals surface area contributed by atoms with Crippen molar-refractivity contribution in [2.75, 3.05) is 6.54 Å². The van der Waals surface area contributed by atoms with Gasteiger partial charge in [-0.2, -0.15) is 0 Å². The molecule has 6 heteroatoms. The Kier molecular flexibility index (Phi) is 7.40. The molecule has 0 heterocycles. The second kappa shape index (κ2) is 6.62. The molecular weight excluding hydrogens is 208 g/mol. The van der Waals surface area contributed by atoms with E-state index in [0.717, 1.165) is 0 Å². The molecule has 0 unspecified atom stereocenters. The van der Waals surface area contributed by atoms with Crippen molar-refractivity contribution in [3.63, 3.8) is 0 Å². The Morgan fingerprint density at radius 1 is 1.36 bits per heavy atom. The lowest BCUT2D eigenvalue weighted by Gasteiger charge is -2.23. The summed E-state index contributed by atoms with van der Waals surface area (Å²) >= 11 is 0. The van der Waals surface area contributed by atoms with E-state index in [1.165, 1.54) is 0 Å². The number of hydrogen-bond acceptors (Lipinski definition) is 3. The number of aliphatic carboxylic acids is 1. The van der Waals surface area contributed by atoms with E-state index in [1.807, 2.05) is 0 Å². The van der Waals surface area contributed by atoms with Crippen molar-refractivity contribution in [1.29, 1.82) is 0 Å². The number of carbonyl (C=O) groups is 2. The van der Waals surface area contributed by atoms with E-state index in [0.29, 0.717) is 6.54 Å². The molecule has 0 radical (unpaired) electrons. The number of carbonyl (C=O) groups excluding carboxylic acids is 1. The molecule has 0 aromatic heterocycles. The summed E-state index contributed by atoms with van der Waals surface area (Å²) in [6.45, 7) is 3.89. The van der Waals surface area contributed by atoms with Crippen molar-refractivity contribution in [3.05, 3.63) is 0 Å². The Bertz CT molecular complexity index is 207. The van der Waals surface area contributed by atoms with Crippen molar-refractivity contribution in [3.8, 4) is 0 Å². The van der Waals surface area contributed by atoms with Crippen LogP contribution in [0.15, 0.2) is 0 Å². The summed E-state index contributed by atoms with van der Waals surface area (Å²) in [4.78, 5) is 21.2. The molecule has 0 rings (SSSR count). The number of halogens is 1. The van der Waals surface area contributed by atoms with Crippen molar-refractivity contribution >= 4 is 24.3 Å². The van der Waals surface area contributed by atoms with Gasteiger partial charge in [0.15, 0.2) is 0 Å². The predicted octanol–water partition coefficient (Wildman–Crippen LogP) is 0.126. The molecule has 1 amide bonds. The summed E-state index contributed by atoms with van der Waals surface area (Å²) in [5.41, 5.74) is 4.92. The second-order valence-electron chi connectivity index (χ2n) is 3.53. The molecule has 0 aliphatic carbocycles. The van der Waals surface area contributed by atoms with Crippen LogP contribution in [0, 0.1) is 0 Å². The molecule has 0 saturated heterocycles. The first-order chi connectivity index (χ1) is 5.87. The molecule has 0 atom stereocenters. The van der Waals surface area contributed by atoms with Crippen LogP contribution < -0.4 is 11.1 Å². The van der Waals surface area contributed by atoms with E-state index in [4.69, 9.17) is 10.8 Å². The van der Waals surface area contributed by atoms with Gasteiger partial charge in [0.05, 0.1) is 6.42 Å². The lowest BCUT2D eigenvalue weighted by Crippen LogP contribution is -2.48. The van der Waals surface area contributed by atoms with Gasteiger partial charge in [-0.3, -0.25) is 9.59 Å². The van der Waals surface area contributed by atoms with Crippen LogP contribution >= 0.6 is 12.4 Å². The van der Waals surface area contributed by atoms with Gasteiger partial charge in [0.25, 0.3) is 0 Å². The molecule has 0 bridgehead atoms. The first-order valence-electron chi connectivity index (χ1n) is 4.10. The molecule has 0 aromatic carbocycles. The number of amides is 1. The van der Waals surface area contributed by atoms with Crippen LogP contribution in [0.25, 0.3) is 0 Å². The van der Waals surface area contributed by atoms with E-state index in [1.54, 1.807) is 13.8 Å². The highest BCUT2D eigenvalue weighted by Gasteiger charge is 2.18. The summed E-state index contributed by atoms with van der Waals surface area (Å²) < 4.78 is 0. The Balaban J connectivity index is 0. The van der Waals surface area contributed by atoms with Crippen LogP contribution in [0.2, 0.25) is 0 Å². The lowest BCUT2D eigenvalue weighted by atomic mass is 10.1. The molecular formula is C8H17ClN2O3. The molecule has 5 nitrogen and oxygen atoms in total. The largest absolute Gasteiger partial charge is 0.481 e. The van der Waals surface area contributed by atoms with Crippen LogP contribution in [-0.2, 0) is 9.59 Å². The maximum absolute atomic E-state index is 11.1. The first-order valence-corrected chi connectivity index (χ1v) is 4.10. The molecule has 0 aromatic rings. The fraction of sp³-hybridized carbons (Fsp3) is 0.750. The normalized spacial score (nSPS) is 10.2. The van der Waals surface area contributed by atoms with Crippen molar-refractivity contribution in [1.82, 2.24) is 5.32 Å². The number of carboxylic acid groups (broad SMARTS) is 1. The molecule has 84 valence electrons. The third kappa shape index (κ3) is 7.82. The van der Waals surface area contributed by atoms with E-state index in [-0.39, 0.29) is 31.2 Å². The monoisotopic (exact) mass is 224 g/mol. The van der Waals surface area contributed by atoms with Gasteiger partial charge < -0.3 is 16.2 Å². The molecule has 0 fully saturated rings. The molecule has 0 aliphatic heterocycles. The standard InChI is InChI=1S/C8H16N2O3.ClH/c1-8(2,5-9)10-6(11)3-4-7(12)13;/h3-5,9H2,1-2H3,(H,10,11)(H,12,13);1H. The van der Waals surface area contributed by atoms with Crippen LogP contribution in [0.3, 0.4) is 0 Å². The summed E-state index contributed by atoms with van der Waals surface area (Å²) in [5.74, 6) is -1.25. The SMILES string of the molecule is CC(C)(CN)NC(=O)CCC(=O)O.Cl. The molecule has 0 spiro atoms. The topological polar surface area (TPSA) is 92.4 Å². The average molecular weight is 225 g/mol. The number of carboxylic acids is 1. The van der Waals surface area contributed by atoms with Crippen LogP contribution in [0.5, 0.6) is 0 Å². The number of nitrogens with one attached hydrogen (secondary N) is 1. The summed E-state index contributed by atoms with van der Waals surface area (Å²) in [5, 5.41) is 10.9. The van der Waals surface area contributed by atoms with Gasteiger partial charge in [0.1, 0.15) is 0 Å². The summed E-state index contributed by atoms with van der Waals surface area (Å²) in [6.07, 6.45) is -0.148. The smallest absolute Gasteiger partial charge is 0.303 e.